The molecule has 0 fully saturated rings. The van der Waals surface area contributed by atoms with E-state index in [2.05, 4.69) is 15.3 Å². The maximum absolute atomic E-state index is 13.1. The van der Waals surface area contributed by atoms with Gasteiger partial charge in [-0.2, -0.15) is 0 Å². The van der Waals surface area contributed by atoms with Crippen LogP contribution in [-0.2, 0) is 0 Å². The molecule has 0 saturated carbocycles. The van der Waals surface area contributed by atoms with Crippen LogP contribution in [0.4, 0.5) is 4.39 Å². The quantitative estimate of drug-likeness (QED) is 0.562. The van der Waals surface area contributed by atoms with Crippen molar-refractivity contribution in [1.82, 2.24) is 15.3 Å². The molecule has 0 aliphatic heterocycles. The lowest BCUT2D eigenvalue weighted by Gasteiger charge is -2.17. The number of H-pyrrole nitrogens is 1. The number of rotatable bonds is 4. The number of fused-ring (bicyclic) bond motifs is 1. The van der Waals surface area contributed by atoms with Crippen LogP contribution >= 0.6 is 0 Å². The van der Waals surface area contributed by atoms with Crippen LogP contribution in [0.15, 0.2) is 72.8 Å². The Bertz CT molecular complexity index is 1090. The summed E-state index contributed by atoms with van der Waals surface area (Å²) in [6.45, 7) is 2.02. The van der Waals surface area contributed by atoms with Gasteiger partial charge in [-0.3, -0.25) is 4.79 Å². The van der Waals surface area contributed by atoms with Crippen molar-refractivity contribution in [3.63, 3.8) is 0 Å². The molecule has 0 spiro atoms. The molecule has 0 saturated heterocycles. The predicted molar refractivity (Wildman–Crippen MR) is 103 cm³/mol. The number of hydrogen-bond acceptors (Lipinski definition) is 2. The fourth-order valence-electron chi connectivity index (χ4n) is 3.05. The van der Waals surface area contributed by atoms with Crippen LogP contribution in [0.1, 0.15) is 33.4 Å². The zero-order valence-electron chi connectivity index (χ0n) is 14.7. The zero-order chi connectivity index (χ0) is 18.8. The van der Waals surface area contributed by atoms with Gasteiger partial charge in [0.15, 0.2) is 0 Å². The molecule has 5 heteroatoms. The van der Waals surface area contributed by atoms with Gasteiger partial charge in [0.05, 0.1) is 11.0 Å². The number of nitrogens with zero attached hydrogens (tertiary/aromatic N) is 1. The van der Waals surface area contributed by atoms with E-state index in [9.17, 15) is 9.18 Å². The molecule has 1 amide bonds. The van der Waals surface area contributed by atoms with Gasteiger partial charge < -0.3 is 10.3 Å². The van der Waals surface area contributed by atoms with Gasteiger partial charge in [-0.1, -0.05) is 36.4 Å². The smallest absolute Gasteiger partial charge is 0.252 e. The van der Waals surface area contributed by atoms with Crippen molar-refractivity contribution in [3.05, 3.63) is 101 Å². The van der Waals surface area contributed by atoms with E-state index in [0.717, 1.165) is 22.2 Å². The highest BCUT2D eigenvalue weighted by Crippen LogP contribution is 2.23. The van der Waals surface area contributed by atoms with E-state index >= 15 is 0 Å². The Hall–Kier alpha value is -3.47. The number of carbonyl (C=O) groups excluding carboxylic acids is 1. The Morgan fingerprint density at radius 1 is 1.04 bits per heavy atom. The number of benzene rings is 3. The standard InChI is InChI=1S/C22H18FN3O/c1-14-7-12-18-19(13-14)25-21(24-18)20(15-5-3-2-4-6-15)26-22(27)16-8-10-17(23)11-9-16/h2-13,20H,1H3,(H,24,25)(H,26,27). The summed E-state index contributed by atoms with van der Waals surface area (Å²) < 4.78 is 13.1. The maximum Gasteiger partial charge on any atom is 0.252 e. The minimum Gasteiger partial charge on any atom is -0.340 e. The Balaban J connectivity index is 1.72. The Labute approximate surface area is 156 Å². The van der Waals surface area contributed by atoms with Gasteiger partial charge in [-0.05, 0) is 54.4 Å². The molecule has 4 rings (SSSR count). The highest BCUT2D eigenvalue weighted by molar-refractivity contribution is 5.94. The fraction of sp³-hybridized carbons (Fsp3) is 0.0909. The molecule has 0 radical (unpaired) electrons. The second-order valence-electron chi connectivity index (χ2n) is 6.47. The maximum atomic E-state index is 13.1. The summed E-state index contributed by atoms with van der Waals surface area (Å²) in [5.74, 6) is -0.0171. The summed E-state index contributed by atoms with van der Waals surface area (Å²) in [6.07, 6.45) is 0. The number of amides is 1. The topological polar surface area (TPSA) is 57.8 Å². The van der Waals surface area contributed by atoms with Crippen molar-refractivity contribution < 1.29 is 9.18 Å². The van der Waals surface area contributed by atoms with Gasteiger partial charge >= 0.3 is 0 Å². The van der Waals surface area contributed by atoms with Crippen LogP contribution in [0.5, 0.6) is 0 Å². The molecule has 1 aromatic heterocycles. The van der Waals surface area contributed by atoms with Gasteiger partial charge in [0.2, 0.25) is 0 Å². The van der Waals surface area contributed by atoms with Crippen LogP contribution in [0.3, 0.4) is 0 Å². The summed E-state index contributed by atoms with van der Waals surface area (Å²) in [7, 11) is 0. The first-order valence-electron chi connectivity index (χ1n) is 8.68. The van der Waals surface area contributed by atoms with Gasteiger partial charge in [0.1, 0.15) is 17.7 Å². The third kappa shape index (κ3) is 3.58. The first-order chi connectivity index (χ1) is 13.1. The normalized spacial score (nSPS) is 12.1. The summed E-state index contributed by atoms with van der Waals surface area (Å²) in [6, 6.07) is 20.6. The van der Waals surface area contributed by atoms with E-state index in [1.807, 2.05) is 55.5 Å². The average Bonchev–Trinajstić information content (AvgIpc) is 3.10. The molecule has 1 heterocycles. The van der Waals surface area contributed by atoms with E-state index in [4.69, 9.17) is 0 Å². The van der Waals surface area contributed by atoms with E-state index in [1.165, 1.54) is 24.3 Å². The second-order valence-corrected chi connectivity index (χ2v) is 6.47. The lowest BCUT2D eigenvalue weighted by atomic mass is 10.1. The van der Waals surface area contributed by atoms with Crippen molar-refractivity contribution in [3.8, 4) is 0 Å². The van der Waals surface area contributed by atoms with Crippen LogP contribution in [0.25, 0.3) is 11.0 Å². The molecular formula is C22H18FN3O. The number of nitrogens with one attached hydrogen (secondary N) is 2. The van der Waals surface area contributed by atoms with E-state index < -0.39 is 6.04 Å². The number of halogens is 1. The van der Waals surface area contributed by atoms with Gasteiger partial charge in [-0.25, -0.2) is 9.37 Å². The SMILES string of the molecule is Cc1ccc2nc(C(NC(=O)c3ccc(F)cc3)c3ccccc3)[nH]c2c1. The summed E-state index contributed by atoms with van der Waals surface area (Å²) >= 11 is 0. The van der Waals surface area contributed by atoms with Gasteiger partial charge in [0, 0.05) is 5.56 Å². The third-order valence-corrected chi connectivity index (χ3v) is 4.44. The number of carbonyl (C=O) groups is 1. The first kappa shape index (κ1) is 17.0. The molecule has 27 heavy (non-hydrogen) atoms. The second kappa shape index (κ2) is 7.03. The lowest BCUT2D eigenvalue weighted by molar-refractivity contribution is 0.0941. The lowest BCUT2D eigenvalue weighted by Crippen LogP contribution is -2.30. The van der Waals surface area contributed by atoms with Gasteiger partial charge in [0.25, 0.3) is 5.91 Å². The number of aromatic amines is 1. The summed E-state index contributed by atoms with van der Waals surface area (Å²) in [4.78, 5) is 20.7. The predicted octanol–water partition coefficient (Wildman–Crippen LogP) is 4.53. The monoisotopic (exact) mass is 359 g/mol. The number of aromatic nitrogens is 2. The van der Waals surface area contributed by atoms with Crippen LogP contribution in [0.2, 0.25) is 0 Å². The minimum atomic E-state index is -0.448. The largest absolute Gasteiger partial charge is 0.340 e. The minimum absolute atomic E-state index is 0.291. The zero-order valence-corrected chi connectivity index (χ0v) is 14.7. The molecular weight excluding hydrogens is 341 g/mol. The molecule has 1 unspecified atom stereocenters. The Morgan fingerprint density at radius 2 is 1.78 bits per heavy atom. The van der Waals surface area contributed by atoms with E-state index in [-0.39, 0.29) is 11.7 Å². The van der Waals surface area contributed by atoms with Crippen molar-refractivity contribution in [2.75, 3.05) is 0 Å². The molecule has 3 aromatic carbocycles. The molecule has 2 N–H and O–H groups in total. The van der Waals surface area contributed by atoms with E-state index in [1.54, 1.807) is 0 Å². The molecule has 4 aromatic rings. The highest BCUT2D eigenvalue weighted by atomic mass is 19.1. The van der Waals surface area contributed by atoms with Crippen LogP contribution < -0.4 is 5.32 Å². The number of imidazole rings is 1. The molecule has 0 bridgehead atoms. The molecule has 4 nitrogen and oxygen atoms in total. The van der Waals surface area contributed by atoms with Gasteiger partial charge in [-0.15, -0.1) is 0 Å². The number of hydrogen-bond donors (Lipinski definition) is 2. The Kier molecular flexibility index (Phi) is 4.42. The third-order valence-electron chi connectivity index (χ3n) is 4.44. The Morgan fingerprint density at radius 3 is 2.52 bits per heavy atom. The van der Waals surface area contributed by atoms with Crippen LogP contribution in [-0.4, -0.2) is 15.9 Å². The van der Waals surface area contributed by atoms with Crippen molar-refractivity contribution in [1.29, 1.82) is 0 Å². The summed E-state index contributed by atoms with van der Waals surface area (Å²) in [5, 5.41) is 3.01. The average molecular weight is 359 g/mol. The van der Waals surface area contributed by atoms with Crippen molar-refractivity contribution in [2.24, 2.45) is 0 Å². The molecule has 0 aliphatic carbocycles. The molecule has 0 aliphatic rings. The highest BCUT2D eigenvalue weighted by Gasteiger charge is 2.21. The fourth-order valence-corrected chi connectivity index (χ4v) is 3.05. The van der Waals surface area contributed by atoms with Crippen LogP contribution in [0, 0.1) is 12.7 Å². The molecule has 1 atom stereocenters. The van der Waals surface area contributed by atoms with Crippen molar-refractivity contribution >= 4 is 16.9 Å². The molecule has 134 valence electrons. The first-order valence-corrected chi connectivity index (χ1v) is 8.68. The van der Waals surface area contributed by atoms with Crippen molar-refractivity contribution in [2.45, 2.75) is 13.0 Å². The number of aryl methyl sites for hydroxylation is 1. The summed E-state index contributed by atoms with van der Waals surface area (Å²) in [5.41, 5.74) is 4.19. The van der Waals surface area contributed by atoms with E-state index in [0.29, 0.717) is 11.4 Å².